The Morgan fingerprint density at radius 3 is 2.37 bits per heavy atom. The Kier molecular flexibility index (Phi) is 7.27. The van der Waals surface area contributed by atoms with Crippen LogP contribution in [-0.2, 0) is 6.61 Å². The molecule has 0 fully saturated rings. The number of hydrogen-bond donors (Lipinski definition) is 0. The Labute approximate surface area is 175 Å². The van der Waals surface area contributed by atoms with Crippen molar-refractivity contribution in [1.29, 1.82) is 0 Å². The Morgan fingerprint density at radius 1 is 0.933 bits per heavy atom. The Morgan fingerprint density at radius 2 is 1.67 bits per heavy atom. The maximum Gasteiger partial charge on any atom is 0.253 e. The van der Waals surface area contributed by atoms with Crippen LogP contribution in [0.2, 0.25) is 0 Å². The summed E-state index contributed by atoms with van der Waals surface area (Å²) in [5.74, 6) is 1.14. The summed E-state index contributed by atoms with van der Waals surface area (Å²) in [5.41, 5.74) is 1.53. The predicted octanol–water partition coefficient (Wildman–Crippen LogP) is 4.56. The zero-order chi connectivity index (χ0) is 21.3. The van der Waals surface area contributed by atoms with Gasteiger partial charge in [-0.05, 0) is 48.0 Å². The third-order valence-electron chi connectivity index (χ3n) is 4.50. The highest BCUT2D eigenvalue weighted by molar-refractivity contribution is 5.94. The zero-order valence-electron chi connectivity index (χ0n) is 17.0. The second kappa shape index (κ2) is 10.3. The van der Waals surface area contributed by atoms with Crippen molar-refractivity contribution in [1.82, 2.24) is 4.90 Å². The molecular formula is C24H24FNO4. The number of ether oxygens (including phenoxy) is 3. The van der Waals surface area contributed by atoms with E-state index in [-0.39, 0.29) is 11.7 Å². The van der Waals surface area contributed by atoms with Gasteiger partial charge in [0.05, 0.1) is 13.7 Å². The molecule has 0 unspecified atom stereocenters. The van der Waals surface area contributed by atoms with Crippen molar-refractivity contribution in [3.63, 3.8) is 0 Å². The molecule has 0 aliphatic rings. The number of halogens is 1. The first-order valence-corrected chi connectivity index (χ1v) is 9.55. The van der Waals surface area contributed by atoms with Crippen molar-refractivity contribution >= 4 is 5.91 Å². The van der Waals surface area contributed by atoms with E-state index < -0.39 is 0 Å². The van der Waals surface area contributed by atoms with Crippen LogP contribution in [0.3, 0.4) is 0 Å². The van der Waals surface area contributed by atoms with Gasteiger partial charge in [-0.3, -0.25) is 4.79 Å². The lowest BCUT2D eigenvalue weighted by Crippen LogP contribution is -2.30. The van der Waals surface area contributed by atoms with Crippen molar-refractivity contribution in [3.8, 4) is 17.2 Å². The standard InChI is InChI=1S/C24H24FNO4/c1-26(14-15-29-21-11-9-20(25)10-12-21)24(27)19-8-13-22(23(16-19)28-2)30-17-18-6-4-3-5-7-18/h3-13,16H,14-15,17H2,1-2H3. The molecule has 0 aromatic heterocycles. The number of benzene rings is 3. The van der Waals surface area contributed by atoms with Gasteiger partial charge in [-0.25, -0.2) is 4.39 Å². The lowest BCUT2D eigenvalue weighted by molar-refractivity contribution is 0.0773. The molecule has 0 atom stereocenters. The van der Waals surface area contributed by atoms with E-state index in [2.05, 4.69) is 0 Å². The number of hydrogen-bond acceptors (Lipinski definition) is 4. The van der Waals surface area contributed by atoms with Crippen LogP contribution >= 0.6 is 0 Å². The van der Waals surface area contributed by atoms with Crippen LogP contribution in [0, 0.1) is 5.82 Å². The molecular weight excluding hydrogens is 385 g/mol. The van der Waals surface area contributed by atoms with Gasteiger partial charge < -0.3 is 19.1 Å². The van der Waals surface area contributed by atoms with Gasteiger partial charge in [-0.1, -0.05) is 30.3 Å². The van der Waals surface area contributed by atoms with Crippen LogP contribution in [0.1, 0.15) is 15.9 Å². The SMILES string of the molecule is COc1cc(C(=O)N(C)CCOc2ccc(F)cc2)ccc1OCc1ccccc1. The van der Waals surface area contributed by atoms with Crippen molar-refractivity contribution in [2.45, 2.75) is 6.61 Å². The number of rotatable bonds is 9. The number of likely N-dealkylation sites (N-methyl/N-ethyl adjacent to an activating group) is 1. The minimum absolute atomic E-state index is 0.161. The number of nitrogens with zero attached hydrogens (tertiary/aromatic N) is 1. The van der Waals surface area contributed by atoms with E-state index in [0.29, 0.717) is 42.6 Å². The molecule has 0 spiro atoms. The monoisotopic (exact) mass is 409 g/mol. The number of carbonyl (C=O) groups is 1. The molecule has 3 aromatic rings. The summed E-state index contributed by atoms with van der Waals surface area (Å²) in [6.07, 6.45) is 0. The van der Waals surface area contributed by atoms with Gasteiger partial charge >= 0.3 is 0 Å². The molecule has 0 aliphatic heterocycles. The van der Waals surface area contributed by atoms with Gasteiger partial charge in [-0.15, -0.1) is 0 Å². The van der Waals surface area contributed by atoms with E-state index in [1.165, 1.54) is 12.1 Å². The van der Waals surface area contributed by atoms with Crippen molar-refractivity contribution in [2.75, 3.05) is 27.3 Å². The molecule has 0 bridgehead atoms. The van der Waals surface area contributed by atoms with Crippen LogP contribution < -0.4 is 14.2 Å². The topological polar surface area (TPSA) is 48.0 Å². The molecule has 0 radical (unpaired) electrons. The molecule has 5 nitrogen and oxygen atoms in total. The number of carbonyl (C=O) groups excluding carboxylic acids is 1. The fraction of sp³-hybridized carbons (Fsp3) is 0.208. The summed E-state index contributed by atoms with van der Waals surface area (Å²) in [7, 11) is 3.24. The van der Waals surface area contributed by atoms with E-state index in [1.807, 2.05) is 30.3 Å². The molecule has 0 saturated heterocycles. The molecule has 0 saturated carbocycles. The minimum atomic E-state index is -0.320. The lowest BCUT2D eigenvalue weighted by atomic mass is 10.1. The highest BCUT2D eigenvalue weighted by Gasteiger charge is 2.15. The summed E-state index contributed by atoms with van der Waals surface area (Å²) in [6, 6.07) is 20.7. The summed E-state index contributed by atoms with van der Waals surface area (Å²) < 4.78 is 29.7. The van der Waals surface area contributed by atoms with E-state index in [0.717, 1.165) is 5.56 Å². The summed E-state index contributed by atoms with van der Waals surface area (Å²) in [5, 5.41) is 0. The van der Waals surface area contributed by atoms with E-state index >= 15 is 0 Å². The first-order chi connectivity index (χ1) is 14.6. The fourth-order valence-corrected chi connectivity index (χ4v) is 2.81. The Balaban J connectivity index is 1.57. The average molecular weight is 409 g/mol. The molecule has 0 N–H and O–H groups in total. The first kappa shape index (κ1) is 21.2. The quantitative estimate of drug-likeness (QED) is 0.520. The third kappa shape index (κ3) is 5.73. The van der Waals surface area contributed by atoms with E-state index in [4.69, 9.17) is 14.2 Å². The number of methoxy groups -OCH3 is 1. The average Bonchev–Trinajstić information content (AvgIpc) is 2.79. The molecule has 1 amide bonds. The number of amides is 1. The normalized spacial score (nSPS) is 10.4. The van der Waals surface area contributed by atoms with Crippen LogP contribution in [0.15, 0.2) is 72.8 Å². The fourth-order valence-electron chi connectivity index (χ4n) is 2.81. The predicted molar refractivity (Wildman–Crippen MR) is 113 cm³/mol. The Hall–Kier alpha value is -3.54. The second-order valence-corrected chi connectivity index (χ2v) is 6.67. The van der Waals surface area contributed by atoms with Gasteiger partial charge in [-0.2, -0.15) is 0 Å². The van der Waals surface area contributed by atoms with Crippen LogP contribution in [0.25, 0.3) is 0 Å². The van der Waals surface area contributed by atoms with E-state index in [1.54, 1.807) is 49.4 Å². The molecule has 0 aliphatic carbocycles. The maximum absolute atomic E-state index is 12.9. The van der Waals surface area contributed by atoms with Crippen LogP contribution in [-0.4, -0.2) is 38.1 Å². The van der Waals surface area contributed by atoms with Gasteiger partial charge in [0.15, 0.2) is 11.5 Å². The third-order valence-corrected chi connectivity index (χ3v) is 4.50. The minimum Gasteiger partial charge on any atom is -0.493 e. The molecule has 6 heteroatoms. The van der Waals surface area contributed by atoms with Gasteiger partial charge in [0, 0.05) is 12.6 Å². The molecule has 3 aromatic carbocycles. The summed E-state index contributed by atoms with van der Waals surface area (Å²) in [6.45, 7) is 1.08. The van der Waals surface area contributed by atoms with Gasteiger partial charge in [0.25, 0.3) is 5.91 Å². The highest BCUT2D eigenvalue weighted by Crippen LogP contribution is 2.29. The molecule has 0 heterocycles. The molecule has 30 heavy (non-hydrogen) atoms. The Bertz CT molecular complexity index is 961. The first-order valence-electron chi connectivity index (χ1n) is 9.55. The zero-order valence-corrected chi connectivity index (χ0v) is 17.0. The van der Waals surface area contributed by atoms with Crippen molar-refractivity contribution in [3.05, 3.63) is 89.7 Å². The summed E-state index contributed by atoms with van der Waals surface area (Å²) >= 11 is 0. The summed E-state index contributed by atoms with van der Waals surface area (Å²) in [4.78, 5) is 14.3. The lowest BCUT2D eigenvalue weighted by Gasteiger charge is -2.18. The smallest absolute Gasteiger partial charge is 0.253 e. The van der Waals surface area contributed by atoms with Gasteiger partial charge in [0.2, 0.25) is 0 Å². The van der Waals surface area contributed by atoms with E-state index in [9.17, 15) is 9.18 Å². The highest BCUT2D eigenvalue weighted by atomic mass is 19.1. The van der Waals surface area contributed by atoms with Crippen LogP contribution in [0.4, 0.5) is 4.39 Å². The maximum atomic E-state index is 12.9. The molecule has 3 rings (SSSR count). The largest absolute Gasteiger partial charge is 0.493 e. The van der Waals surface area contributed by atoms with Crippen molar-refractivity contribution in [2.24, 2.45) is 0 Å². The van der Waals surface area contributed by atoms with Gasteiger partial charge in [0.1, 0.15) is 24.8 Å². The van der Waals surface area contributed by atoms with Crippen molar-refractivity contribution < 1.29 is 23.4 Å². The van der Waals surface area contributed by atoms with Crippen LogP contribution in [0.5, 0.6) is 17.2 Å². The second-order valence-electron chi connectivity index (χ2n) is 6.67. The molecule has 156 valence electrons.